The molecule has 2 rings (SSSR count). The van der Waals surface area contributed by atoms with E-state index >= 15 is 0 Å². The molecule has 1 atom stereocenters. The van der Waals surface area contributed by atoms with Crippen LogP contribution in [0.2, 0.25) is 0 Å². The molecular formula is C16H29ClN4O2. The number of amides is 1. The van der Waals surface area contributed by atoms with Crippen LogP contribution in [-0.4, -0.2) is 47.5 Å². The summed E-state index contributed by atoms with van der Waals surface area (Å²) in [5.41, 5.74) is -0.833. The van der Waals surface area contributed by atoms with E-state index in [0.29, 0.717) is 0 Å². The highest BCUT2D eigenvalue weighted by Crippen LogP contribution is 2.27. The monoisotopic (exact) mass is 344 g/mol. The van der Waals surface area contributed by atoms with Crippen molar-refractivity contribution >= 4 is 18.3 Å². The van der Waals surface area contributed by atoms with E-state index in [9.17, 15) is 4.79 Å². The van der Waals surface area contributed by atoms with E-state index in [0.717, 1.165) is 32.4 Å². The average molecular weight is 345 g/mol. The number of carbonyl (C=O) groups excluding carboxylic acids is 1. The molecule has 1 aromatic rings. The number of hydrogen-bond donors (Lipinski definition) is 2. The van der Waals surface area contributed by atoms with Gasteiger partial charge in [0.2, 0.25) is 5.91 Å². The molecule has 1 aliphatic heterocycles. The van der Waals surface area contributed by atoms with Crippen LogP contribution in [0.25, 0.3) is 0 Å². The van der Waals surface area contributed by atoms with Gasteiger partial charge in [0.25, 0.3) is 0 Å². The van der Waals surface area contributed by atoms with Gasteiger partial charge in [0, 0.05) is 25.5 Å². The predicted octanol–water partition coefficient (Wildman–Crippen LogP) is 1.70. The van der Waals surface area contributed by atoms with Crippen molar-refractivity contribution < 1.29 is 9.53 Å². The van der Waals surface area contributed by atoms with Crippen LogP contribution in [-0.2, 0) is 15.1 Å². The van der Waals surface area contributed by atoms with E-state index in [4.69, 9.17) is 4.74 Å². The zero-order valence-corrected chi connectivity index (χ0v) is 15.3. The molecule has 1 saturated heterocycles. The standard InChI is InChI=1S/C16H28N4O2.ClH/c1-13(12-15(2,3)22-4)19-14(21)16(6-9-17-10-7-16)20-11-5-8-18-20;/h5,8,11,13,17H,6-7,9-10,12H2,1-4H3,(H,19,21);1H. The molecule has 0 radical (unpaired) electrons. The number of methoxy groups -OCH3 is 1. The fraction of sp³-hybridized carbons (Fsp3) is 0.750. The third kappa shape index (κ3) is 4.68. The molecule has 0 aliphatic carbocycles. The SMILES string of the molecule is COC(C)(C)CC(C)NC(=O)C1(n2cccn2)CCNCC1.Cl. The Hall–Kier alpha value is -1.11. The van der Waals surface area contributed by atoms with Gasteiger partial charge in [-0.1, -0.05) is 0 Å². The lowest BCUT2D eigenvalue weighted by atomic mass is 9.86. The third-order valence-electron chi connectivity index (χ3n) is 4.52. The predicted molar refractivity (Wildman–Crippen MR) is 92.9 cm³/mol. The van der Waals surface area contributed by atoms with Crippen LogP contribution in [0.1, 0.15) is 40.0 Å². The Labute approximate surface area is 144 Å². The van der Waals surface area contributed by atoms with E-state index < -0.39 is 5.54 Å². The number of rotatable bonds is 6. The maximum atomic E-state index is 13.0. The number of nitrogens with one attached hydrogen (secondary N) is 2. The Morgan fingerprint density at radius 1 is 1.48 bits per heavy atom. The van der Waals surface area contributed by atoms with Crippen LogP contribution >= 0.6 is 12.4 Å². The lowest BCUT2D eigenvalue weighted by Crippen LogP contribution is -2.56. The maximum Gasteiger partial charge on any atom is 0.248 e. The van der Waals surface area contributed by atoms with Gasteiger partial charge in [-0.2, -0.15) is 5.10 Å². The van der Waals surface area contributed by atoms with Crippen molar-refractivity contribution in [2.24, 2.45) is 0 Å². The molecule has 132 valence electrons. The molecule has 0 bridgehead atoms. The highest BCUT2D eigenvalue weighted by atomic mass is 35.5. The van der Waals surface area contributed by atoms with E-state index in [1.165, 1.54) is 0 Å². The quantitative estimate of drug-likeness (QED) is 0.824. The van der Waals surface area contributed by atoms with Crippen molar-refractivity contribution in [1.82, 2.24) is 20.4 Å². The van der Waals surface area contributed by atoms with E-state index in [-0.39, 0.29) is 30.0 Å². The van der Waals surface area contributed by atoms with Crippen molar-refractivity contribution in [2.75, 3.05) is 20.2 Å². The first-order valence-electron chi connectivity index (χ1n) is 7.97. The summed E-state index contributed by atoms with van der Waals surface area (Å²) < 4.78 is 7.27. The topological polar surface area (TPSA) is 68.2 Å². The van der Waals surface area contributed by atoms with Gasteiger partial charge in [0.15, 0.2) is 0 Å². The van der Waals surface area contributed by atoms with Crippen LogP contribution in [0.5, 0.6) is 0 Å². The highest BCUT2D eigenvalue weighted by molar-refractivity contribution is 5.85. The first-order valence-corrected chi connectivity index (χ1v) is 7.97. The third-order valence-corrected chi connectivity index (χ3v) is 4.52. The number of ether oxygens (including phenoxy) is 1. The number of nitrogens with zero attached hydrogens (tertiary/aromatic N) is 2. The maximum absolute atomic E-state index is 13.0. The number of hydrogen-bond acceptors (Lipinski definition) is 4. The Bertz CT molecular complexity index is 484. The molecule has 0 spiro atoms. The molecule has 0 aromatic carbocycles. The van der Waals surface area contributed by atoms with Crippen LogP contribution in [0.4, 0.5) is 0 Å². The Morgan fingerprint density at radius 2 is 2.13 bits per heavy atom. The Morgan fingerprint density at radius 3 is 2.65 bits per heavy atom. The first kappa shape index (κ1) is 19.9. The highest BCUT2D eigenvalue weighted by Gasteiger charge is 2.42. The number of aromatic nitrogens is 2. The second kappa shape index (κ2) is 8.13. The molecule has 23 heavy (non-hydrogen) atoms. The average Bonchev–Trinajstić information content (AvgIpc) is 3.02. The lowest BCUT2D eigenvalue weighted by Gasteiger charge is -2.38. The van der Waals surface area contributed by atoms with Gasteiger partial charge in [0.1, 0.15) is 5.54 Å². The van der Waals surface area contributed by atoms with Crippen LogP contribution < -0.4 is 10.6 Å². The Kier molecular flexibility index (Phi) is 7.04. The number of carbonyl (C=O) groups is 1. The molecule has 1 aromatic heterocycles. The van der Waals surface area contributed by atoms with Gasteiger partial charge in [0.05, 0.1) is 5.60 Å². The van der Waals surface area contributed by atoms with E-state index in [1.807, 2.05) is 37.7 Å². The number of halogens is 1. The van der Waals surface area contributed by atoms with Crippen molar-refractivity contribution in [3.8, 4) is 0 Å². The van der Waals surface area contributed by atoms with Crippen molar-refractivity contribution in [3.63, 3.8) is 0 Å². The fourth-order valence-electron chi connectivity index (χ4n) is 3.15. The summed E-state index contributed by atoms with van der Waals surface area (Å²) >= 11 is 0. The molecule has 6 nitrogen and oxygen atoms in total. The first-order chi connectivity index (χ1) is 10.4. The molecular weight excluding hydrogens is 316 g/mol. The fourth-order valence-corrected chi connectivity index (χ4v) is 3.15. The summed E-state index contributed by atoms with van der Waals surface area (Å²) in [4.78, 5) is 13.0. The van der Waals surface area contributed by atoms with Crippen molar-refractivity contribution in [2.45, 2.75) is 57.2 Å². The molecule has 1 amide bonds. The summed E-state index contributed by atoms with van der Waals surface area (Å²) in [5, 5.41) is 10.8. The second-order valence-electron chi connectivity index (χ2n) is 6.77. The van der Waals surface area contributed by atoms with Crippen molar-refractivity contribution in [3.05, 3.63) is 18.5 Å². The molecule has 2 heterocycles. The Balaban J connectivity index is 0.00000264. The molecule has 0 saturated carbocycles. The summed E-state index contributed by atoms with van der Waals surface area (Å²) in [6, 6.07) is 1.92. The minimum Gasteiger partial charge on any atom is -0.379 e. The molecule has 1 aliphatic rings. The minimum atomic E-state index is -0.583. The largest absolute Gasteiger partial charge is 0.379 e. The summed E-state index contributed by atoms with van der Waals surface area (Å²) in [5.74, 6) is 0.0529. The molecule has 2 N–H and O–H groups in total. The zero-order valence-electron chi connectivity index (χ0n) is 14.5. The second-order valence-corrected chi connectivity index (χ2v) is 6.77. The minimum absolute atomic E-state index is 0. The number of piperidine rings is 1. The lowest BCUT2D eigenvalue weighted by molar-refractivity contribution is -0.133. The van der Waals surface area contributed by atoms with Crippen molar-refractivity contribution in [1.29, 1.82) is 0 Å². The molecule has 7 heteroatoms. The van der Waals surface area contributed by atoms with Crippen LogP contribution in [0.15, 0.2) is 18.5 Å². The molecule has 1 fully saturated rings. The van der Waals surface area contributed by atoms with Crippen LogP contribution in [0, 0.1) is 0 Å². The van der Waals surface area contributed by atoms with Gasteiger partial charge in [-0.05, 0) is 59.2 Å². The van der Waals surface area contributed by atoms with Gasteiger partial charge in [-0.25, -0.2) is 0 Å². The van der Waals surface area contributed by atoms with Gasteiger partial charge in [-0.3, -0.25) is 9.48 Å². The van der Waals surface area contributed by atoms with Gasteiger partial charge >= 0.3 is 0 Å². The summed E-state index contributed by atoms with van der Waals surface area (Å²) in [7, 11) is 1.70. The zero-order chi connectivity index (χ0) is 16.2. The summed E-state index contributed by atoms with van der Waals surface area (Å²) in [6.45, 7) is 7.74. The normalized spacial score (nSPS) is 18.8. The van der Waals surface area contributed by atoms with Crippen LogP contribution in [0.3, 0.4) is 0 Å². The summed E-state index contributed by atoms with van der Waals surface area (Å²) in [6.07, 6.45) is 5.88. The van der Waals surface area contributed by atoms with Gasteiger partial charge < -0.3 is 15.4 Å². The molecule has 1 unspecified atom stereocenters. The van der Waals surface area contributed by atoms with Gasteiger partial charge in [-0.15, -0.1) is 12.4 Å². The van der Waals surface area contributed by atoms with E-state index in [2.05, 4.69) is 15.7 Å². The van der Waals surface area contributed by atoms with E-state index in [1.54, 1.807) is 13.3 Å². The smallest absolute Gasteiger partial charge is 0.248 e.